The van der Waals surface area contributed by atoms with Crippen molar-refractivity contribution in [3.8, 4) is 0 Å². The van der Waals surface area contributed by atoms with E-state index in [4.69, 9.17) is 0 Å². The second-order valence-corrected chi connectivity index (χ2v) is 6.61. The summed E-state index contributed by atoms with van der Waals surface area (Å²) >= 11 is 1.49. The number of carbonyl (C=O) groups is 2. The number of pyridine rings is 2. The Morgan fingerprint density at radius 2 is 2.12 bits per heavy atom. The van der Waals surface area contributed by atoms with E-state index < -0.39 is 23.3 Å². The Labute approximate surface area is 149 Å². The van der Waals surface area contributed by atoms with Gasteiger partial charge in [0.05, 0.1) is 5.39 Å². The molecule has 0 aliphatic heterocycles. The molecule has 0 unspecified atom stereocenters. The van der Waals surface area contributed by atoms with Crippen molar-refractivity contribution >= 4 is 34.7 Å². The first-order valence-electron chi connectivity index (χ1n) is 7.92. The normalized spacial score (nSPS) is 12.1. The predicted molar refractivity (Wildman–Crippen MR) is 98.3 cm³/mol. The quantitative estimate of drug-likeness (QED) is 0.776. The number of hydrogen-bond acceptors (Lipinski definition) is 5. The van der Waals surface area contributed by atoms with Gasteiger partial charge in [0, 0.05) is 18.4 Å². The minimum atomic E-state index is -1.11. The fourth-order valence-corrected chi connectivity index (χ4v) is 2.96. The first-order chi connectivity index (χ1) is 11.9. The second kappa shape index (κ2) is 8.15. The number of fused-ring (bicyclic) bond motifs is 1. The van der Waals surface area contributed by atoms with Crippen LogP contribution >= 0.6 is 11.8 Å². The zero-order valence-corrected chi connectivity index (χ0v) is 15.2. The lowest BCUT2D eigenvalue weighted by Gasteiger charge is -2.15. The Morgan fingerprint density at radius 3 is 2.72 bits per heavy atom. The van der Waals surface area contributed by atoms with Gasteiger partial charge in [0.2, 0.25) is 5.43 Å². The third-order valence-corrected chi connectivity index (χ3v) is 4.50. The molecule has 0 aliphatic rings. The molecule has 2 rings (SSSR count). The maximum atomic E-state index is 12.6. The Hall–Kier alpha value is -2.35. The van der Waals surface area contributed by atoms with Gasteiger partial charge in [-0.3, -0.25) is 9.59 Å². The minimum absolute atomic E-state index is 0.0737. The molecule has 0 aliphatic carbocycles. The molecule has 7 nitrogen and oxygen atoms in total. The van der Waals surface area contributed by atoms with E-state index in [1.54, 1.807) is 16.7 Å². The Kier molecular flexibility index (Phi) is 6.19. The number of carbonyl (C=O) groups excluding carboxylic acids is 1. The number of aliphatic carboxylic acids is 1. The first-order valence-corrected chi connectivity index (χ1v) is 9.31. The van der Waals surface area contributed by atoms with Gasteiger partial charge in [-0.1, -0.05) is 0 Å². The smallest absolute Gasteiger partial charge is 0.326 e. The Bertz CT molecular complexity index is 863. The molecule has 25 heavy (non-hydrogen) atoms. The highest BCUT2D eigenvalue weighted by atomic mass is 32.2. The molecular weight excluding hydrogens is 342 g/mol. The summed E-state index contributed by atoms with van der Waals surface area (Å²) in [6.45, 7) is 4.24. The van der Waals surface area contributed by atoms with Gasteiger partial charge in [0.25, 0.3) is 5.91 Å². The van der Waals surface area contributed by atoms with E-state index in [1.807, 2.05) is 20.1 Å². The largest absolute Gasteiger partial charge is 0.480 e. The van der Waals surface area contributed by atoms with Gasteiger partial charge in [-0.2, -0.15) is 11.8 Å². The molecular formula is C17H21N3O4S. The number of nitrogens with zero attached hydrogens (tertiary/aromatic N) is 2. The van der Waals surface area contributed by atoms with Crippen molar-refractivity contribution in [3.05, 3.63) is 39.8 Å². The number of hydrogen-bond donors (Lipinski definition) is 2. The molecule has 1 amide bonds. The lowest BCUT2D eigenvalue weighted by atomic mass is 10.1. The average Bonchev–Trinajstić information content (AvgIpc) is 2.58. The summed E-state index contributed by atoms with van der Waals surface area (Å²) in [5.41, 5.74) is 0.768. The van der Waals surface area contributed by atoms with Crippen LogP contribution in [-0.2, 0) is 11.3 Å². The molecule has 0 saturated carbocycles. The Balaban J connectivity index is 2.44. The van der Waals surface area contributed by atoms with Crippen LogP contribution in [0, 0.1) is 6.92 Å². The molecule has 1 atom stereocenters. The standard InChI is InChI=1S/C17H21N3O4S/c1-4-20-9-12(14(21)11-6-5-10(2)18-15(11)20)16(22)19-13(17(23)24)7-8-25-3/h5-6,9,13H,4,7-8H2,1-3H3,(H,19,22)(H,23,24)/t13-/m1/s1. The van der Waals surface area contributed by atoms with E-state index in [0.29, 0.717) is 29.8 Å². The van der Waals surface area contributed by atoms with Gasteiger partial charge >= 0.3 is 5.97 Å². The van der Waals surface area contributed by atoms with E-state index in [-0.39, 0.29) is 5.56 Å². The summed E-state index contributed by atoms with van der Waals surface area (Å²) in [6, 6.07) is 2.33. The van der Waals surface area contributed by atoms with Gasteiger partial charge < -0.3 is 15.0 Å². The molecule has 0 radical (unpaired) electrons. The van der Waals surface area contributed by atoms with E-state index in [1.165, 1.54) is 18.0 Å². The van der Waals surface area contributed by atoms with Gasteiger partial charge in [0.15, 0.2) is 0 Å². The van der Waals surface area contributed by atoms with Gasteiger partial charge in [-0.25, -0.2) is 9.78 Å². The van der Waals surface area contributed by atoms with Crippen molar-refractivity contribution in [2.45, 2.75) is 32.9 Å². The van der Waals surface area contributed by atoms with Gasteiger partial charge in [-0.05, 0) is 44.4 Å². The summed E-state index contributed by atoms with van der Waals surface area (Å²) < 4.78 is 1.72. The summed E-state index contributed by atoms with van der Waals surface area (Å²) in [4.78, 5) is 40.8. The number of thioether (sulfide) groups is 1. The van der Waals surface area contributed by atoms with Crippen LogP contribution in [0.4, 0.5) is 0 Å². The summed E-state index contributed by atoms with van der Waals surface area (Å²) in [5.74, 6) is -1.20. The second-order valence-electron chi connectivity index (χ2n) is 5.63. The molecule has 134 valence electrons. The van der Waals surface area contributed by atoms with Crippen LogP contribution in [0.15, 0.2) is 23.1 Å². The van der Waals surface area contributed by atoms with Crippen molar-refractivity contribution < 1.29 is 14.7 Å². The van der Waals surface area contributed by atoms with Crippen molar-refractivity contribution in [1.29, 1.82) is 0 Å². The average molecular weight is 363 g/mol. The number of carboxylic acids is 1. The maximum Gasteiger partial charge on any atom is 0.326 e. The highest BCUT2D eigenvalue weighted by molar-refractivity contribution is 7.98. The molecule has 0 fully saturated rings. The molecule has 8 heteroatoms. The Morgan fingerprint density at radius 1 is 1.40 bits per heavy atom. The van der Waals surface area contributed by atoms with Crippen LogP contribution in [0.3, 0.4) is 0 Å². The number of amides is 1. The molecule has 0 saturated heterocycles. The van der Waals surface area contributed by atoms with Crippen LogP contribution in [0.25, 0.3) is 11.0 Å². The molecule has 2 aromatic heterocycles. The van der Waals surface area contributed by atoms with E-state index in [0.717, 1.165) is 5.69 Å². The molecule has 0 aromatic carbocycles. The third-order valence-electron chi connectivity index (χ3n) is 3.86. The fraction of sp³-hybridized carbons (Fsp3) is 0.412. The maximum absolute atomic E-state index is 12.6. The monoisotopic (exact) mass is 363 g/mol. The molecule has 0 spiro atoms. The number of carboxylic acid groups (broad SMARTS) is 1. The molecule has 2 N–H and O–H groups in total. The van der Waals surface area contributed by atoms with Crippen LogP contribution in [0.1, 0.15) is 29.4 Å². The van der Waals surface area contributed by atoms with Crippen molar-refractivity contribution in [3.63, 3.8) is 0 Å². The summed E-state index contributed by atoms with van der Waals surface area (Å²) in [7, 11) is 0. The third kappa shape index (κ3) is 4.19. The molecule has 0 bridgehead atoms. The van der Waals surface area contributed by atoms with Crippen molar-refractivity contribution in [1.82, 2.24) is 14.9 Å². The number of aromatic nitrogens is 2. The summed E-state index contributed by atoms with van der Waals surface area (Å²) in [6.07, 6.45) is 3.59. The van der Waals surface area contributed by atoms with Gasteiger partial charge in [-0.15, -0.1) is 0 Å². The zero-order chi connectivity index (χ0) is 18.6. The topological polar surface area (TPSA) is 101 Å². The zero-order valence-electron chi connectivity index (χ0n) is 14.4. The van der Waals surface area contributed by atoms with E-state index in [9.17, 15) is 19.5 Å². The van der Waals surface area contributed by atoms with Crippen LogP contribution in [0.5, 0.6) is 0 Å². The van der Waals surface area contributed by atoms with E-state index >= 15 is 0 Å². The lowest BCUT2D eigenvalue weighted by molar-refractivity contribution is -0.139. The lowest BCUT2D eigenvalue weighted by Crippen LogP contribution is -2.42. The number of rotatable bonds is 7. The van der Waals surface area contributed by atoms with Gasteiger partial charge in [0.1, 0.15) is 17.3 Å². The predicted octanol–water partition coefficient (Wildman–Crippen LogP) is 1.66. The minimum Gasteiger partial charge on any atom is -0.480 e. The number of aryl methyl sites for hydroxylation is 2. The van der Waals surface area contributed by atoms with Crippen LogP contribution in [0.2, 0.25) is 0 Å². The summed E-state index contributed by atoms with van der Waals surface area (Å²) in [5, 5.41) is 12.0. The highest BCUT2D eigenvalue weighted by Crippen LogP contribution is 2.11. The molecule has 2 heterocycles. The van der Waals surface area contributed by atoms with Crippen molar-refractivity contribution in [2.75, 3.05) is 12.0 Å². The van der Waals surface area contributed by atoms with Crippen molar-refractivity contribution in [2.24, 2.45) is 0 Å². The van der Waals surface area contributed by atoms with Crippen LogP contribution in [-0.4, -0.2) is 44.6 Å². The highest BCUT2D eigenvalue weighted by Gasteiger charge is 2.23. The SMILES string of the molecule is CCn1cc(C(=O)N[C@H](CCSC)C(=O)O)c(=O)c2ccc(C)nc21. The fourth-order valence-electron chi connectivity index (χ4n) is 2.49. The number of nitrogens with one attached hydrogen (secondary N) is 1. The van der Waals surface area contributed by atoms with E-state index in [2.05, 4.69) is 10.3 Å². The molecule has 2 aromatic rings. The van der Waals surface area contributed by atoms with Crippen LogP contribution < -0.4 is 10.7 Å². The first kappa shape index (κ1) is 19.0.